The van der Waals surface area contributed by atoms with Crippen molar-refractivity contribution in [1.29, 1.82) is 5.26 Å². The zero-order valence-electron chi connectivity index (χ0n) is 31.9. The molecule has 3 aromatic rings. The summed E-state index contributed by atoms with van der Waals surface area (Å²) >= 11 is 5.78. The molecule has 0 bridgehead atoms. The number of aryl methyl sites for hydroxylation is 1. The van der Waals surface area contributed by atoms with E-state index in [0.717, 1.165) is 61.5 Å². The summed E-state index contributed by atoms with van der Waals surface area (Å²) in [7, 11) is 0. The maximum absolute atomic E-state index is 13.9. The van der Waals surface area contributed by atoms with E-state index in [-0.39, 0.29) is 41.5 Å². The van der Waals surface area contributed by atoms with Crippen molar-refractivity contribution in [1.82, 2.24) is 15.2 Å². The Bertz CT molecular complexity index is 2170. The molecule has 2 aromatic carbocycles. The third-order valence-corrected chi connectivity index (χ3v) is 11.8. The second-order valence-electron chi connectivity index (χ2n) is 15.1. The van der Waals surface area contributed by atoms with Crippen molar-refractivity contribution in [3.8, 4) is 11.8 Å². The standard InChI is InChI=1S/C41H43F3N8O5S/c1-2-26-19-29(52-39(58)51(38(56)40(52)14-4-15-40)30-21-31(41(42,43)44)33(22-45)46-23-30)7-9-34(26)57-18-13-25-11-16-50(17-12-25)24-36(54)48-28-6-3-5-27(20-28)47-32-8-10-35(53)49-37(32)55/h3,5-7,9,19-21,23,25,32,47H,2,4,8,10-18,24H2,1H3,(H,48,54)(H,49,53,55). The van der Waals surface area contributed by atoms with E-state index in [9.17, 15) is 37.6 Å². The molecule has 4 fully saturated rings. The Balaban J connectivity index is 0.910. The number of rotatable bonds is 12. The lowest BCUT2D eigenvalue weighted by Gasteiger charge is -2.43. The van der Waals surface area contributed by atoms with Crippen LogP contribution in [0.3, 0.4) is 0 Å². The Morgan fingerprint density at radius 3 is 2.50 bits per heavy atom. The van der Waals surface area contributed by atoms with Crippen molar-refractivity contribution in [3.63, 3.8) is 0 Å². The van der Waals surface area contributed by atoms with E-state index in [2.05, 4.69) is 25.8 Å². The smallest absolute Gasteiger partial charge is 0.419 e. The summed E-state index contributed by atoms with van der Waals surface area (Å²) in [6.45, 7) is 4.28. The number of pyridine rings is 1. The number of amides is 4. The molecule has 4 aliphatic rings. The first kappa shape index (κ1) is 40.6. The second kappa shape index (κ2) is 16.7. The predicted octanol–water partition coefficient (Wildman–Crippen LogP) is 5.93. The number of hydrogen-bond acceptors (Lipinski definition) is 10. The molecule has 4 heterocycles. The van der Waals surface area contributed by atoms with E-state index in [4.69, 9.17) is 17.0 Å². The van der Waals surface area contributed by atoms with Gasteiger partial charge in [-0.3, -0.25) is 34.3 Å². The lowest BCUT2D eigenvalue weighted by Crippen LogP contribution is -2.55. The highest BCUT2D eigenvalue weighted by molar-refractivity contribution is 7.81. The molecule has 3 aliphatic heterocycles. The van der Waals surface area contributed by atoms with E-state index in [1.165, 1.54) is 6.07 Å². The van der Waals surface area contributed by atoms with Gasteiger partial charge in [-0.2, -0.15) is 18.4 Å². The summed E-state index contributed by atoms with van der Waals surface area (Å²) < 4.78 is 47.7. The molecule has 1 unspecified atom stereocenters. The van der Waals surface area contributed by atoms with Gasteiger partial charge in [0.1, 0.15) is 23.4 Å². The molecule has 3 N–H and O–H groups in total. The molecule has 0 radical (unpaired) electrons. The minimum absolute atomic E-state index is 0.0532. The summed E-state index contributed by atoms with van der Waals surface area (Å²) in [5.41, 5.74) is -0.327. The van der Waals surface area contributed by atoms with Gasteiger partial charge >= 0.3 is 6.18 Å². The molecule has 1 saturated carbocycles. The molecule has 1 aliphatic carbocycles. The second-order valence-corrected chi connectivity index (χ2v) is 15.5. The maximum Gasteiger partial charge on any atom is 0.419 e. The maximum atomic E-state index is 13.9. The molecule has 13 nitrogen and oxygen atoms in total. The van der Waals surface area contributed by atoms with Crippen molar-refractivity contribution in [2.24, 2.45) is 5.92 Å². The molecule has 3 saturated heterocycles. The van der Waals surface area contributed by atoms with Crippen LogP contribution >= 0.6 is 12.2 Å². The molecule has 304 valence electrons. The van der Waals surface area contributed by atoms with Crippen molar-refractivity contribution < 1.29 is 37.1 Å². The van der Waals surface area contributed by atoms with Crippen molar-refractivity contribution in [3.05, 3.63) is 71.5 Å². The van der Waals surface area contributed by atoms with Crippen LogP contribution in [0.4, 0.5) is 35.9 Å². The van der Waals surface area contributed by atoms with Crippen LogP contribution < -0.4 is 30.5 Å². The van der Waals surface area contributed by atoms with E-state index < -0.39 is 34.9 Å². The summed E-state index contributed by atoms with van der Waals surface area (Å²) in [4.78, 5) is 59.1. The highest BCUT2D eigenvalue weighted by Gasteiger charge is 2.60. The van der Waals surface area contributed by atoms with Crippen LogP contribution in [0.15, 0.2) is 54.7 Å². The van der Waals surface area contributed by atoms with Gasteiger partial charge in [0, 0.05) is 23.5 Å². The minimum atomic E-state index is -4.84. The van der Waals surface area contributed by atoms with Crippen LogP contribution in [0.5, 0.6) is 5.75 Å². The molecule has 4 amide bonds. The number of aromatic nitrogens is 1. The van der Waals surface area contributed by atoms with E-state index >= 15 is 0 Å². The third-order valence-electron chi connectivity index (χ3n) is 11.4. The fourth-order valence-electron chi connectivity index (χ4n) is 8.10. The van der Waals surface area contributed by atoms with Crippen LogP contribution in [0.1, 0.15) is 75.1 Å². The van der Waals surface area contributed by atoms with Crippen LogP contribution in [0.25, 0.3) is 0 Å². The average molecular weight is 817 g/mol. The quantitative estimate of drug-likeness (QED) is 0.147. The van der Waals surface area contributed by atoms with Gasteiger partial charge in [-0.25, -0.2) is 4.98 Å². The molecular weight excluding hydrogens is 774 g/mol. The number of carbonyl (C=O) groups excluding carboxylic acids is 4. The lowest BCUT2D eigenvalue weighted by molar-refractivity contribution is -0.138. The van der Waals surface area contributed by atoms with Crippen molar-refractivity contribution in [2.45, 2.75) is 82.5 Å². The van der Waals surface area contributed by atoms with Gasteiger partial charge in [0.05, 0.1) is 30.6 Å². The van der Waals surface area contributed by atoms with Gasteiger partial charge in [0.2, 0.25) is 17.7 Å². The molecule has 17 heteroatoms. The Kier molecular flexibility index (Phi) is 11.7. The molecule has 1 aromatic heterocycles. The number of alkyl halides is 3. The van der Waals surface area contributed by atoms with Gasteiger partial charge in [-0.15, -0.1) is 0 Å². The first-order valence-electron chi connectivity index (χ1n) is 19.4. The Labute approximate surface area is 338 Å². The van der Waals surface area contributed by atoms with E-state index in [1.807, 2.05) is 25.1 Å². The SMILES string of the molecule is CCc1cc(N2C(=S)N(c3cnc(C#N)c(C(F)(F)F)c3)C(=O)C23CCC3)ccc1OCCC1CCN(CC(=O)Nc2cccc(NC3CCC(=O)NC3=O)c2)CC1. The molecule has 1 spiro atoms. The molecule has 1 atom stereocenters. The summed E-state index contributed by atoms with van der Waals surface area (Å²) in [6, 6.07) is 14.5. The van der Waals surface area contributed by atoms with Gasteiger partial charge in [0.25, 0.3) is 5.91 Å². The number of carbonyl (C=O) groups is 4. The fraction of sp³-hybridized carbons (Fsp3) is 0.439. The third kappa shape index (κ3) is 8.35. The number of imide groups is 1. The number of nitrogens with one attached hydrogen (secondary N) is 3. The predicted molar refractivity (Wildman–Crippen MR) is 213 cm³/mol. The number of nitriles is 1. The van der Waals surface area contributed by atoms with E-state index in [1.54, 1.807) is 29.2 Å². The number of ether oxygens (including phenoxy) is 1. The van der Waals surface area contributed by atoms with Crippen LogP contribution in [0, 0.1) is 17.2 Å². The number of piperidine rings is 2. The number of anilines is 4. The Morgan fingerprint density at radius 1 is 1.07 bits per heavy atom. The minimum Gasteiger partial charge on any atom is -0.493 e. The van der Waals surface area contributed by atoms with E-state index in [0.29, 0.717) is 61.0 Å². The van der Waals surface area contributed by atoms with Gasteiger partial charge in [-0.1, -0.05) is 13.0 Å². The first-order chi connectivity index (χ1) is 27.8. The monoisotopic (exact) mass is 816 g/mol. The largest absolute Gasteiger partial charge is 0.493 e. The number of halogens is 3. The number of likely N-dealkylation sites (tertiary alicyclic amines) is 1. The normalized spacial score (nSPS) is 19.8. The number of hydrogen-bond donors (Lipinski definition) is 3. The summed E-state index contributed by atoms with van der Waals surface area (Å²) in [6.07, 6.45) is 1.94. The highest BCUT2D eigenvalue weighted by Crippen LogP contribution is 2.49. The number of nitrogens with zero attached hydrogens (tertiary/aromatic N) is 5. The lowest BCUT2D eigenvalue weighted by atomic mass is 9.75. The molecule has 58 heavy (non-hydrogen) atoms. The van der Waals surface area contributed by atoms with Crippen molar-refractivity contribution in [2.75, 3.05) is 46.7 Å². The topological polar surface area (TPSA) is 160 Å². The molecular formula is C41H43F3N8O5S. The highest BCUT2D eigenvalue weighted by atomic mass is 32.1. The Hall–Kier alpha value is -5.60. The fourth-order valence-corrected chi connectivity index (χ4v) is 8.57. The van der Waals surface area contributed by atoms with Gasteiger partial charge < -0.3 is 20.3 Å². The summed E-state index contributed by atoms with van der Waals surface area (Å²) in [5, 5.41) is 17.7. The van der Waals surface area contributed by atoms with Crippen LogP contribution in [-0.2, 0) is 31.8 Å². The average Bonchev–Trinajstić information content (AvgIpc) is 3.42. The Morgan fingerprint density at radius 2 is 1.83 bits per heavy atom. The summed E-state index contributed by atoms with van der Waals surface area (Å²) in [5.74, 6) is -0.0628. The van der Waals surface area contributed by atoms with Crippen LogP contribution in [0.2, 0.25) is 0 Å². The first-order valence-corrected chi connectivity index (χ1v) is 19.8. The molecule has 7 rings (SSSR count). The number of benzene rings is 2. The van der Waals surface area contributed by atoms with Crippen molar-refractivity contribution >= 4 is 63.7 Å². The zero-order valence-corrected chi connectivity index (χ0v) is 32.7. The van der Waals surface area contributed by atoms with Gasteiger partial charge in [0.15, 0.2) is 10.8 Å². The van der Waals surface area contributed by atoms with Crippen LogP contribution in [-0.4, -0.2) is 76.4 Å². The number of thiocarbonyl (C=S) groups is 1. The van der Waals surface area contributed by atoms with Gasteiger partial charge in [-0.05, 0) is 131 Å². The zero-order chi connectivity index (χ0) is 41.2.